The lowest BCUT2D eigenvalue weighted by Gasteiger charge is -2.06. The van der Waals surface area contributed by atoms with Gasteiger partial charge < -0.3 is 5.73 Å². The van der Waals surface area contributed by atoms with E-state index in [9.17, 15) is 0 Å². The Hall–Kier alpha value is -2.55. The molecule has 0 unspecified atom stereocenters. The van der Waals surface area contributed by atoms with Crippen LogP contribution >= 0.6 is 0 Å². The second kappa shape index (κ2) is 4.61. The highest BCUT2D eigenvalue weighted by Gasteiger charge is 2.04. The summed E-state index contributed by atoms with van der Waals surface area (Å²) in [6, 6.07) is 20.4. The number of aryl methyl sites for hydroxylation is 1. The van der Waals surface area contributed by atoms with Crippen LogP contribution in [-0.2, 0) is 0 Å². The molecule has 0 saturated carbocycles. The Morgan fingerprint density at radius 2 is 1.53 bits per heavy atom. The molecule has 0 atom stereocenters. The zero-order valence-electron chi connectivity index (χ0n) is 10.7. The Morgan fingerprint density at radius 3 is 2.11 bits per heavy atom. The molecule has 94 valence electrons. The van der Waals surface area contributed by atoms with E-state index in [1.165, 1.54) is 11.1 Å². The van der Waals surface area contributed by atoms with Crippen molar-refractivity contribution in [3.63, 3.8) is 0 Å². The molecule has 0 fully saturated rings. The van der Waals surface area contributed by atoms with Crippen LogP contribution < -0.4 is 5.73 Å². The van der Waals surface area contributed by atoms with Crippen LogP contribution in [0.1, 0.15) is 5.69 Å². The van der Waals surface area contributed by atoms with Crippen LogP contribution in [0.4, 0.5) is 5.82 Å². The zero-order valence-corrected chi connectivity index (χ0v) is 10.7. The first-order valence-corrected chi connectivity index (χ1v) is 6.22. The van der Waals surface area contributed by atoms with Crippen LogP contribution in [0.25, 0.3) is 16.8 Å². The Bertz CT molecular complexity index is 682. The van der Waals surface area contributed by atoms with E-state index in [1.807, 2.05) is 43.3 Å². The van der Waals surface area contributed by atoms with Crippen molar-refractivity contribution in [2.75, 3.05) is 5.73 Å². The van der Waals surface area contributed by atoms with Crippen molar-refractivity contribution in [3.8, 4) is 16.8 Å². The fraction of sp³-hybridized carbons (Fsp3) is 0.0625. The third-order valence-electron chi connectivity index (χ3n) is 3.08. The van der Waals surface area contributed by atoms with Gasteiger partial charge in [-0.1, -0.05) is 42.5 Å². The molecule has 3 aromatic rings. The molecule has 3 heteroatoms. The summed E-state index contributed by atoms with van der Waals surface area (Å²) in [4.78, 5) is 0. The van der Waals surface area contributed by atoms with Crippen molar-refractivity contribution in [3.05, 3.63) is 66.4 Å². The molecular formula is C16H15N3. The minimum absolute atomic E-state index is 0.657. The summed E-state index contributed by atoms with van der Waals surface area (Å²) in [6.45, 7) is 1.94. The first kappa shape index (κ1) is 11.5. The molecule has 1 heterocycles. The maximum atomic E-state index is 5.92. The summed E-state index contributed by atoms with van der Waals surface area (Å²) in [7, 11) is 0. The molecule has 0 spiro atoms. The van der Waals surface area contributed by atoms with E-state index in [0.717, 1.165) is 11.4 Å². The summed E-state index contributed by atoms with van der Waals surface area (Å²) in [5.41, 5.74) is 10.2. The van der Waals surface area contributed by atoms with Gasteiger partial charge in [-0.3, -0.25) is 0 Å². The van der Waals surface area contributed by atoms with Gasteiger partial charge in [0.1, 0.15) is 5.82 Å². The Balaban J connectivity index is 1.98. The second-order valence-electron chi connectivity index (χ2n) is 4.54. The minimum Gasteiger partial charge on any atom is -0.384 e. The zero-order chi connectivity index (χ0) is 13.2. The number of rotatable bonds is 2. The smallest absolute Gasteiger partial charge is 0.127 e. The molecule has 0 bridgehead atoms. The Morgan fingerprint density at radius 1 is 0.895 bits per heavy atom. The maximum absolute atomic E-state index is 5.92. The van der Waals surface area contributed by atoms with Crippen LogP contribution in [0.5, 0.6) is 0 Å². The fourth-order valence-corrected chi connectivity index (χ4v) is 2.15. The predicted molar refractivity (Wildman–Crippen MR) is 78.1 cm³/mol. The molecule has 2 aromatic carbocycles. The first-order chi connectivity index (χ1) is 9.24. The molecule has 0 saturated heterocycles. The van der Waals surface area contributed by atoms with Crippen molar-refractivity contribution in [2.45, 2.75) is 6.92 Å². The molecule has 19 heavy (non-hydrogen) atoms. The minimum atomic E-state index is 0.657. The Labute approximate surface area is 112 Å². The van der Waals surface area contributed by atoms with E-state index >= 15 is 0 Å². The van der Waals surface area contributed by atoms with E-state index in [4.69, 9.17) is 5.73 Å². The Kier molecular flexibility index (Phi) is 2.80. The monoisotopic (exact) mass is 249 g/mol. The van der Waals surface area contributed by atoms with Crippen LogP contribution in [0.15, 0.2) is 60.7 Å². The van der Waals surface area contributed by atoms with E-state index in [1.54, 1.807) is 4.68 Å². The highest BCUT2D eigenvalue weighted by Crippen LogP contribution is 2.21. The summed E-state index contributed by atoms with van der Waals surface area (Å²) in [5.74, 6) is 0.657. The van der Waals surface area contributed by atoms with Crippen molar-refractivity contribution in [1.82, 2.24) is 9.78 Å². The highest BCUT2D eigenvalue weighted by molar-refractivity contribution is 5.64. The number of nitrogens with two attached hydrogens (primary N) is 1. The van der Waals surface area contributed by atoms with Gasteiger partial charge in [0.25, 0.3) is 0 Å². The normalized spacial score (nSPS) is 10.6. The molecule has 2 N–H and O–H groups in total. The number of nitrogens with zero attached hydrogens (tertiary/aromatic N) is 2. The SMILES string of the molecule is Cc1cc(N)n(-c2ccc(-c3ccccc3)cc2)n1. The largest absolute Gasteiger partial charge is 0.384 e. The summed E-state index contributed by atoms with van der Waals surface area (Å²) in [6.07, 6.45) is 0. The lowest BCUT2D eigenvalue weighted by molar-refractivity contribution is 0.872. The molecular weight excluding hydrogens is 234 g/mol. The van der Waals surface area contributed by atoms with Crippen LogP contribution in [0, 0.1) is 6.92 Å². The van der Waals surface area contributed by atoms with Crippen molar-refractivity contribution >= 4 is 5.82 Å². The number of aromatic nitrogens is 2. The topological polar surface area (TPSA) is 43.8 Å². The average Bonchev–Trinajstić information content (AvgIpc) is 2.79. The van der Waals surface area contributed by atoms with Gasteiger partial charge in [0.15, 0.2) is 0 Å². The lowest BCUT2D eigenvalue weighted by Crippen LogP contribution is -2.01. The standard InChI is InChI=1S/C16H15N3/c1-12-11-16(17)19(18-12)15-9-7-14(8-10-15)13-5-3-2-4-6-13/h2-11H,17H2,1H3. The number of anilines is 1. The van der Waals surface area contributed by atoms with E-state index in [-0.39, 0.29) is 0 Å². The maximum Gasteiger partial charge on any atom is 0.127 e. The third kappa shape index (κ3) is 2.22. The van der Waals surface area contributed by atoms with Crippen LogP contribution in [0.3, 0.4) is 0 Å². The number of benzene rings is 2. The quantitative estimate of drug-likeness (QED) is 0.756. The predicted octanol–water partition coefficient (Wildman–Crippen LogP) is 3.43. The first-order valence-electron chi connectivity index (χ1n) is 6.22. The molecule has 0 aliphatic rings. The molecule has 1 aromatic heterocycles. The van der Waals surface area contributed by atoms with Gasteiger partial charge in [0, 0.05) is 6.07 Å². The molecule has 3 rings (SSSR count). The van der Waals surface area contributed by atoms with Gasteiger partial charge in [-0.25, -0.2) is 4.68 Å². The fourth-order valence-electron chi connectivity index (χ4n) is 2.15. The van der Waals surface area contributed by atoms with E-state index < -0.39 is 0 Å². The van der Waals surface area contributed by atoms with Gasteiger partial charge in [-0.05, 0) is 30.2 Å². The second-order valence-corrected chi connectivity index (χ2v) is 4.54. The van der Waals surface area contributed by atoms with E-state index in [0.29, 0.717) is 5.82 Å². The van der Waals surface area contributed by atoms with Gasteiger partial charge in [0.05, 0.1) is 11.4 Å². The summed E-state index contributed by atoms with van der Waals surface area (Å²) in [5, 5.41) is 4.37. The molecule has 0 radical (unpaired) electrons. The van der Waals surface area contributed by atoms with Crippen molar-refractivity contribution in [2.24, 2.45) is 0 Å². The van der Waals surface area contributed by atoms with Crippen LogP contribution in [-0.4, -0.2) is 9.78 Å². The van der Waals surface area contributed by atoms with Crippen LogP contribution in [0.2, 0.25) is 0 Å². The number of nitrogen functional groups attached to an aromatic ring is 1. The van der Waals surface area contributed by atoms with Crippen molar-refractivity contribution in [1.29, 1.82) is 0 Å². The van der Waals surface area contributed by atoms with Gasteiger partial charge in [-0.15, -0.1) is 0 Å². The molecule has 0 aliphatic carbocycles. The number of hydrogen-bond donors (Lipinski definition) is 1. The molecule has 0 aliphatic heterocycles. The summed E-state index contributed by atoms with van der Waals surface area (Å²) < 4.78 is 1.75. The highest BCUT2D eigenvalue weighted by atomic mass is 15.3. The number of hydrogen-bond acceptors (Lipinski definition) is 2. The van der Waals surface area contributed by atoms with Gasteiger partial charge >= 0.3 is 0 Å². The third-order valence-corrected chi connectivity index (χ3v) is 3.08. The molecule has 3 nitrogen and oxygen atoms in total. The van der Waals surface area contributed by atoms with Crippen molar-refractivity contribution < 1.29 is 0 Å². The van der Waals surface area contributed by atoms with Gasteiger partial charge in [0.2, 0.25) is 0 Å². The lowest BCUT2D eigenvalue weighted by atomic mass is 10.1. The average molecular weight is 249 g/mol. The molecule has 0 amide bonds. The van der Waals surface area contributed by atoms with E-state index in [2.05, 4.69) is 29.4 Å². The summed E-state index contributed by atoms with van der Waals surface area (Å²) >= 11 is 0. The van der Waals surface area contributed by atoms with Gasteiger partial charge in [-0.2, -0.15) is 5.10 Å².